The molecule has 2 amide bonds. The lowest BCUT2D eigenvalue weighted by Crippen LogP contribution is -2.48. The topological polar surface area (TPSA) is 105 Å². The van der Waals surface area contributed by atoms with E-state index < -0.39 is 0 Å². The van der Waals surface area contributed by atoms with Crippen LogP contribution in [0.2, 0.25) is 0 Å². The first-order valence-electron chi connectivity index (χ1n) is 7.02. The van der Waals surface area contributed by atoms with Crippen LogP contribution in [-0.4, -0.2) is 47.9 Å². The van der Waals surface area contributed by atoms with Gasteiger partial charge in [-0.1, -0.05) is 0 Å². The third kappa shape index (κ3) is 3.41. The van der Waals surface area contributed by atoms with Crippen LogP contribution >= 0.6 is 0 Å². The molecule has 2 rings (SSSR count). The van der Waals surface area contributed by atoms with Crippen molar-refractivity contribution in [3.05, 3.63) is 11.9 Å². The summed E-state index contributed by atoms with van der Waals surface area (Å²) in [5.74, 6) is 5.95. The SMILES string of the molecule is CNC(=O)C1CCCN1C(=O)CN(N)/C=C(\N)C1CC1. The molecule has 7 nitrogen and oxygen atoms in total. The maximum Gasteiger partial charge on any atom is 0.244 e. The Bertz CT molecular complexity index is 419. The van der Waals surface area contributed by atoms with E-state index in [1.807, 2.05) is 0 Å². The number of carbonyl (C=O) groups excluding carboxylic acids is 2. The first kappa shape index (κ1) is 14.6. The van der Waals surface area contributed by atoms with Crippen LogP contribution < -0.4 is 16.9 Å². The van der Waals surface area contributed by atoms with Gasteiger partial charge in [-0.15, -0.1) is 0 Å². The molecule has 1 aliphatic heterocycles. The molecule has 0 aromatic heterocycles. The van der Waals surface area contributed by atoms with Gasteiger partial charge in [-0.25, -0.2) is 5.84 Å². The number of nitrogens with one attached hydrogen (secondary N) is 1. The maximum absolute atomic E-state index is 12.2. The number of nitrogens with zero attached hydrogens (tertiary/aromatic N) is 2. The zero-order valence-corrected chi connectivity index (χ0v) is 11.8. The molecule has 2 fully saturated rings. The highest BCUT2D eigenvalue weighted by Gasteiger charge is 2.33. The van der Waals surface area contributed by atoms with Crippen LogP contribution in [0.5, 0.6) is 0 Å². The van der Waals surface area contributed by atoms with Gasteiger partial charge in [0, 0.05) is 31.4 Å². The number of hydrogen-bond donors (Lipinski definition) is 3. The number of amides is 2. The summed E-state index contributed by atoms with van der Waals surface area (Å²) in [6, 6.07) is -0.370. The second-order valence-corrected chi connectivity index (χ2v) is 5.44. The zero-order valence-electron chi connectivity index (χ0n) is 11.8. The molecule has 7 heteroatoms. The molecule has 1 unspecified atom stereocenters. The number of hydrazine groups is 1. The van der Waals surface area contributed by atoms with Crippen molar-refractivity contribution in [1.82, 2.24) is 15.2 Å². The zero-order chi connectivity index (χ0) is 14.7. The molecule has 2 aliphatic rings. The van der Waals surface area contributed by atoms with E-state index in [1.165, 1.54) is 5.01 Å². The fourth-order valence-electron chi connectivity index (χ4n) is 2.51. The van der Waals surface area contributed by atoms with Gasteiger partial charge in [0.2, 0.25) is 11.8 Å². The summed E-state index contributed by atoms with van der Waals surface area (Å²) in [4.78, 5) is 25.5. The molecule has 0 aromatic carbocycles. The van der Waals surface area contributed by atoms with Gasteiger partial charge in [-0.3, -0.25) is 9.59 Å². The Morgan fingerprint density at radius 2 is 2.10 bits per heavy atom. The second kappa shape index (κ2) is 6.13. The minimum absolute atomic E-state index is 0.0426. The Hall–Kier alpha value is -1.76. The van der Waals surface area contributed by atoms with Gasteiger partial charge in [-0.2, -0.15) is 0 Å². The molecular formula is C13H23N5O2. The number of hydrogen-bond acceptors (Lipinski definition) is 5. The molecule has 1 saturated carbocycles. The number of nitrogens with two attached hydrogens (primary N) is 2. The Kier molecular flexibility index (Phi) is 4.49. The van der Waals surface area contributed by atoms with Gasteiger partial charge in [0.1, 0.15) is 12.6 Å². The van der Waals surface area contributed by atoms with Crippen LogP contribution in [0, 0.1) is 5.92 Å². The summed E-state index contributed by atoms with van der Waals surface area (Å²) < 4.78 is 0. The van der Waals surface area contributed by atoms with Crippen LogP contribution in [0.1, 0.15) is 25.7 Å². The van der Waals surface area contributed by atoms with E-state index in [0.717, 1.165) is 25.0 Å². The van der Waals surface area contributed by atoms with E-state index in [2.05, 4.69) is 5.32 Å². The number of rotatable bonds is 5. The van der Waals surface area contributed by atoms with Crippen molar-refractivity contribution in [1.29, 1.82) is 0 Å². The average Bonchev–Trinajstić information content (AvgIpc) is 3.14. The molecule has 1 aliphatic carbocycles. The predicted molar refractivity (Wildman–Crippen MR) is 74.7 cm³/mol. The standard InChI is InChI=1S/C13H23N5O2/c1-16-13(20)11-3-2-6-18(11)12(19)8-17(15)7-10(14)9-4-5-9/h7,9,11H,2-6,8,14-15H2,1H3,(H,16,20)/b10-7-. The van der Waals surface area contributed by atoms with Crippen molar-refractivity contribution >= 4 is 11.8 Å². The monoisotopic (exact) mass is 281 g/mol. The van der Waals surface area contributed by atoms with Crippen molar-refractivity contribution in [3.63, 3.8) is 0 Å². The fourth-order valence-corrected chi connectivity index (χ4v) is 2.51. The predicted octanol–water partition coefficient (Wildman–Crippen LogP) is -0.891. The molecule has 112 valence electrons. The number of carbonyl (C=O) groups is 2. The minimum Gasteiger partial charge on any atom is -0.401 e. The molecule has 0 radical (unpaired) electrons. The van der Waals surface area contributed by atoms with Crippen molar-refractivity contribution in [2.75, 3.05) is 20.1 Å². The number of likely N-dealkylation sites (tertiary alicyclic amines) is 1. The lowest BCUT2D eigenvalue weighted by molar-refractivity contribution is -0.138. The van der Waals surface area contributed by atoms with Gasteiger partial charge < -0.3 is 21.0 Å². The highest BCUT2D eigenvalue weighted by atomic mass is 16.2. The van der Waals surface area contributed by atoms with E-state index >= 15 is 0 Å². The third-order valence-corrected chi connectivity index (χ3v) is 3.80. The van der Waals surface area contributed by atoms with E-state index in [0.29, 0.717) is 18.9 Å². The Balaban J connectivity index is 1.90. The van der Waals surface area contributed by atoms with Crippen molar-refractivity contribution in [2.24, 2.45) is 17.5 Å². The normalized spacial score (nSPS) is 22.8. The molecule has 1 saturated heterocycles. The molecule has 0 spiro atoms. The highest BCUT2D eigenvalue weighted by molar-refractivity contribution is 5.88. The Labute approximate surface area is 118 Å². The average molecular weight is 281 g/mol. The van der Waals surface area contributed by atoms with E-state index in [-0.39, 0.29) is 24.4 Å². The Morgan fingerprint density at radius 1 is 1.40 bits per heavy atom. The van der Waals surface area contributed by atoms with Crippen LogP contribution in [-0.2, 0) is 9.59 Å². The van der Waals surface area contributed by atoms with Crippen LogP contribution in [0.25, 0.3) is 0 Å². The minimum atomic E-state index is -0.370. The fraction of sp³-hybridized carbons (Fsp3) is 0.692. The van der Waals surface area contributed by atoms with Crippen LogP contribution in [0.3, 0.4) is 0 Å². The maximum atomic E-state index is 12.2. The molecule has 0 aromatic rings. The Morgan fingerprint density at radius 3 is 2.70 bits per heavy atom. The number of allylic oxidation sites excluding steroid dienone is 1. The quantitative estimate of drug-likeness (QED) is 0.448. The molecule has 20 heavy (non-hydrogen) atoms. The summed E-state index contributed by atoms with van der Waals surface area (Å²) in [7, 11) is 1.58. The summed E-state index contributed by atoms with van der Waals surface area (Å²) in [6.45, 7) is 0.646. The van der Waals surface area contributed by atoms with Crippen LogP contribution in [0.4, 0.5) is 0 Å². The number of likely N-dealkylation sites (N-methyl/N-ethyl adjacent to an activating group) is 1. The lowest BCUT2D eigenvalue weighted by Gasteiger charge is -2.25. The van der Waals surface area contributed by atoms with Crippen molar-refractivity contribution in [3.8, 4) is 0 Å². The van der Waals surface area contributed by atoms with E-state index in [9.17, 15) is 9.59 Å². The summed E-state index contributed by atoms with van der Waals surface area (Å²) in [5.41, 5.74) is 6.58. The largest absolute Gasteiger partial charge is 0.401 e. The first-order chi connectivity index (χ1) is 9.52. The van der Waals surface area contributed by atoms with E-state index in [1.54, 1.807) is 18.1 Å². The lowest BCUT2D eigenvalue weighted by atomic mass is 10.2. The van der Waals surface area contributed by atoms with Gasteiger partial charge >= 0.3 is 0 Å². The molecule has 0 bridgehead atoms. The van der Waals surface area contributed by atoms with Gasteiger partial charge in [0.15, 0.2) is 0 Å². The van der Waals surface area contributed by atoms with Gasteiger partial charge in [-0.05, 0) is 25.7 Å². The summed E-state index contributed by atoms with van der Waals surface area (Å²) in [5, 5.41) is 3.91. The molecule has 1 heterocycles. The summed E-state index contributed by atoms with van der Waals surface area (Å²) >= 11 is 0. The third-order valence-electron chi connectivity index (χ3n) is 3.80. The molecular weight excluding hydrogens is 258 g/mol. The van der Waals surface area contributed by atoms with Gasteiger partial charge in [0.25, 0.3) is 0 Å². The van der Waals surface area contributed by atoms with Crippen molar-refractivity contribution < 1.29 is 9.59 Å². The van der Waals surface area contributed by atoms with Gasteiger partial charge in [0.05, 0.1) is 0 Å². The van der Waals surface area contributed by atoms with Crippen LogP contribution in [0.15, 0.2) is 11.9 Å². The smallest absolute Gasteiger partial charge is 0.244 e. The van der Waals surface area contributed by atoms with Crippen molar-refractivity contribution in [2.45, 2.75) is 31.7 Å². The highest BCUT2D eigenvalue weighted by Crippen LogP contribution is 2.33. The first-order valence-corrected chi connectivity index (χ1v) is 7.02. The molecule has 5 N–H and O–H groups in total. The summed E-state index contributed by atoms with van der Waals surface area (Å²) in [6.07, 6.45) is 5.36. The molecule has 1 atom stereocenters. The second-order valence-electron chi connectivity index (χ2n) is 5.44. The van der Waals surface area contributed by atoms with E-state index in [4.69, 9.17) is 11.6 Å².